The molecule has 0 saturated carbocycles. The van der Waals surface area contributed by atoms with Gasteiger partial charge in [0.25, 0.3) is 0 Å². The highest BCUT2D eigenvalue weighted by molar-refractivity contribution is 14.1. The third-order valence-corrected chi connectivity index (χ3v) is 4.34. The number of benzene rings is 1. The SMILES string of the molecule is Cc1nnc(-c2cccc(Br)c2I)nn1. The Morgan fingerprint density at radius 2 is 1.80 bits per heavy atom. The lowest BCUT2D eigenvalue weighted by molar-refractivity contribution is 0.815. The second kappa shape index (κ2) is 4.48. The van der Waals surface area contributed by atoms with E-state index in [1.165, 1.54) is 0 Å². The molecule has 6 heteroatoms. The van der Waals surface area contributed by atoms with Crippen LogP contribution in [-0.4, -0.2) is 20.4 Å². The predicted octanol–water partition coefficient (Wildman–Crippen LogP) is 2.61. The van der Waals surface area contributed by atoms with Gasteiger partial charge in [0.2, 0.25) is 5.82 Å². The van der Waals surface area contributed by atoms with Crippen LogP contribution in [0.1, 0.15) is 5.82 Å². The van der Waals surface area contributed by atoms with Gasteiger partial charge in [-0.25, -0.2) is 0 Å². The fourth-order valence-corrected chi connectivity index (χ4v) is 2.03. The molecule has 0 atom stereocenters. The molecule has 0 aliphatic heterocycles. The molecule has 0 unspecified atom stereocenters. The van der Waals surface area contributed by atoms with Gasteiger partial charge in [-0.15, -0.1) is 20.4 Å². The number of nitrogens with zero attached hydrogens (tertiary/aromatic N) is 4. The standard InChI is InChI=1S/C9H6BrIN4/c1-5-12-14-9(15-13-5)6-3-2-4-7(10)8(6)11/h2-4H,1H3. The maximum absolute atomic E-state index is 4.00. The molecule has 0 amide bonds. The number of hydrogen-bond acceptors (Lipinski definition) is 4. The van der Waals surface area contributed by atoms with Gasteiger partial charge in [0.15, 0.2) is 5.82 Å². The molecule has 0 aliphatic carbocycles. The first kappa shape index (κ1) is 10.9. The first-order chi connectivity index (χ1) is 7.18. The summed E-state index contributed by atoms with van der Waals surface area (Å²) in [5, 5.41) is 15.8. The lowest BCUT2D eigenvalue weighted by Gasteiger charge is -2.02. The Morgan fingerprint density at radius 3 is 2.47 bits per heavy atom. The molecule has 1 aromatic carbocycles. The fourth-order valence-electron chi connectivity index (χ4n) is 1.06. The third-order valence-electron chi connectivity index (χ3n) is 1.77. The molecule has 0 bridgehead atoms. The van der Waals surface area contributed by atoms with Crippen molar-refractivity contribution in [3.05, 3.63) is 32.1 Å². The fraction of sp³-hybridized carbons (Fsp3) is 0.111. The first-order valence-corrected chi connectivity index (χ1v) is 6.04. The van der Waals surface area contributed by atoms with Crippen LogP contribution in [0.15, 0.2) is 22.7 Å². The minimum absolute atomic E-state index is 0.548. The van der Waals surface area contributed by atoms with Crippen LogP contribution >= 0.6 is 38.5 Å². The summed E-state index contributed by atoms with van der Waals surface area (Å²) in [5.41, 5.74) is 0.935. The van der Waals surface area contributed by atoms with E-state index in [0.29, 0.717) is 11.6 Å². The van der Waals surface area contributed by atoms with E-state index in [9.17, 15) is 0 Å². The van der Waals surface area contributed by atoms with Gasteiger partial charge < -0.3 is 0 Å². The molecule has 0 saturated heterocycles. The van der Waals surface area contributed by atoms with Crippen molar-refractivity contribution in [1.82, 2.24) is 20.4 Å². The quantitative estimate of drug-likeness (QED) is 0.718. The smallest absolute Gasteiger partial charge is 0.131 e. The van der Waals surface area contributed by atoms with E-state index in [1.807, 2.05) is 18.2 Å². The van der Waals surface area contributed by atoms with Gasteiger partial charge in [-0.05, 0) is 57.6 Å². The van der Waals surface area contributed by atoms with Crippen LogP contribution in [0.25, 0.3) is 11.4 Å². The van der Waals surface area contributed by atoms with E-state index in [2.05, 4.69) is 58.9 Å². The van der Waals surface area contributed by atoms with Gasteiger partial charge in [0.1, 0.15) is 0 Å². The van der Waals surface area contributed by atoms with Crippen molar-refractivity contribution in [3.8, 4) is 11.4 Å². The normalized spacial score (nSPS) is 10.3. The summed E-state index contributed by atoms with van der Waals surface area (Å²) in [6.07, 6.45) is 0. The summed E-state index contributed by atoms with van der Waals surface area (Å²) < 4.78 is 2.08. The zero-order chi connectivity index (χ0) is 10.8. The van der Waals surface area contributed by atoms with Crippen LogP contribution in [0, 0.1) is 10.5 Å². The molecule has 76 valence electrons. The molecule has 15 heavy (non-hydrogen) atoms. The molecule has 0 aliphatic rings. The van der Waals surface area contributed by atoms with Gasteiger partial charge in [-0.2, -0.15) is 0 Å². The Labute approximate surface area is 109 Å². The van der Waals surface area contributed by atoms with Crippen LogP contribution in [0.3, 0.4) is 0 Å². The largest absolute Gasteiger partial charge is 0.204 e. The summed E-state index contributed by atoms with van der Waals surface area (Å²) in [7, 11) is 0. The van der Waals surface area contributed by atoms with E-state index in [4.69, 9.17) is 0 Å². The Kier molecular flexibility index (Phi) is 3.25. The third kappa shape index (κ3) is 2.31. The average Bonchev–Trinajstić information content (AvgIpc) is 2.24. The second-order valence-electron chi connectivity index (χ2n) is 2.87. The molecule has 0 spiro atoms. The van der Waals surface area contributed by atoms with E-state index in [0.717, 1.165) is 13.6 Å². The number of rotatable bonds is 1. The van der Waals surface area contributed by atoms with Gasteiger partial charge in [0, 0.05) is 13.6 Å². The molecule has 0 radical (unpaired) electrons. The summed E-state index contributed by atoms with van der Waals surface area (Å²) in [4.78, 5) is 0. The molecular weight excluding hydrogens is 371 g/mol. The summed E-state index contributed by atoms with van der Waals surface area (Å²) in [5.74, 6) is 1.12. The highest BCUT2D eigenvalue weighted by atomic mass is 127. The van der Waals surface area contributed by atoms with E-state index in [1.54, 1.807) is 6.92 Å². The Morgan fingerprint density at radius 1 is 1.13 bits per heavy atom. The van der Waals surface area contributed by atoms with Crippen molar-refractivity contribution in [2.24, 2.45) is 0 Å². The van der Waals surface area contributed by atoms with Gasteiger partial charge in [0.05, 0.1) is 0 Å². The van der Waals surface area contributed by atoms with Gasteiger partial charge >= 0.3 is 0 Å². The average molecular weight is 377 g/mol. The number of aryl methyl sites for hydroxylation is 1. The molecule has 1 heterocycles. The zero-order valence-electron chi connectivity index (χ0n) is 7.78. The number of halogens is 2. The minimum atomic E-state index is 0.548. The highest BCUT2D eigenvalue weighted by Crippen LogP contribution is 2.27. The monoisotopic (exact) mass is 376 g/mol. The minimum Gasteiger partial charge on any atom is -0.131 e. The summed E-state index contributed by atoms with van der Waals surface area (Å²) in [6, 6.07) is 5.85. The summed E-state index contributed by atoms with van der Waals surface area (Å²) >= 11 is 5.69. The molecule has 2 rings (SSSR count). The Bertz CT molecular complexity index is 486. The van der Waals surface area contributed by atoms with Gasteiger partial charge in [-0.3, -0.25) is 0 Å². The first-order valence-electron chi connectivity index (χ1n) is 4.17. The van der Waals surface area contributed by atoms with Crippen molar-refractivity contribution >= 4 is 38.5 Å². The van der Waals surface area contributed by atoms with Crippen molar-refractivity contribution in [2.75, 3.05) is 0 Å². The molecule has 1 aromatic heterocycles. The molecular formula is C9H6BrIN4. The highest BCUT2D eigenvalue weighted by Gasteiger charge is 2.09. The summed E-state index contributed by atoms with van der Waals surface area (Å²) in [6.45, 7) is 1.76. The maximum Gasteiger partial charge on any atom is 0.204 e. The van der Waals surface area contributed by atoms with Crippen molar-refractivity contribution in [2.45, 2.75) is 6.92 Å². The molecule has 0 fully saturated rings. The van der Waals surface area contributed by atoms with Crippen LogP contribution in [0.5, 0.6) is 0 Å². The maximum atomic E-state index is 4.00. The Hall–Kier alpha value is -0.630. The van der Waals surface area contributed by atoms with Crippen LogP contribution in [-0.2, 0) is 0 Å². The topological polar surface area (TPSA) is 51.6 Å². The molecule has 0 N–H and O–H groups in total. The Balaban J connectivity index is 2.54. The zero-order valence-corrected chi connectivity index (χ0v) is 11.5. The lowest BCUT2D eigenvalue weighted by Crippen LogP contribution is -1.99. The van der Waals surface area contributed by atoms with Crippen molar-refractivity contribution in [1.29, 1.82) is 0 Å². The van der Waals surface area contributed by atoms with Crippen molar-refractivity contribution < 1.29 is 0 Å². The number of aromatic nitrogens is 4. The predicted molar refractivity (Wildman–Crippen MR) is 68.2 cm³/mol. The second-order valence-corrected chi connectivity index (χ2v) is 4.81. The lowest BCUT2D eigenvalue weighted by atomic mass is 10.2. The van der Waals surface area contributed by atoms with Crippen LogP contribution in [0.4, 0.5) is 0 Å². The van der Waals surface area contributed by atoms with Crippen LogP contribution in [0.2, 0.25) is 0 Å². The molecule has 2 aromatic rings. The molecule has 4 nitrogen and oxygen atoms in total. The van der Waals surface area contributed by atoms with Gasteiger partial charge in [-0.1, -0.05) is 6.07 Å². The van der Waals surface area contributed by atoms with Crippen LogP contribution < -0.4 is 0 Å². The van der Waals surface area contributed by atoms with Crippen molar-refractivity contribution in [3.63, 3.8) is 0 Å². The van der Waals surface area contributed by atoms with E-state index < -0.39 is 0 Å². The van der Waals surface area contributed by atoms with E-state index >= 15 is 0 Å². The number of hydrogen-bond donors (Lipinski definition) is 0. The van der Waals surface area contributed by atoms with E-state index in [-0.39, 0.29) is 0 Å².